The summed E-state index contributed by atoms with van der Waals surface area (Å²) in [4.78, 5) is 12.4. The van der Waals surface area contributed by atoms with Crippen molar-refractivity contribution in [1.29, 1.82) is 0 Å². The maximum absolute atomic E-state index is 12.4. The van der Waals surface area contributed by atoms with E-state index in [0.717, 1.165) is 50.0 Å². The number of allylic oxidation sites excluding steroid dienone is 1. The van der Waals surface area contributed by atoms with Crippen molar-refractivity contribution in [2.24, 2.45) is 28.6 Å². The van der Waals surface area contributed by atoms with Crippen molar-refractivity contribution in [2.75, 3.05) is 13.2 Å². The normalized spacial score (nSPS) is 42.5. The zero-order valence-electron chi connectivity index (χ0n) is 20.7. The molecule has 1 aromatic rings. The first-order chi connectivity index (χ1) is 16.3. The fourth-order valence-electron chi connectivity index (χ4n) is 8.78. The fraction of sp³-hybridized carbons (Fsp3) is 0.633. The monoisotopic (exact) mass is 460 g/mol. The van der Waals surface area contributed by atoms with Crippen LogP contribution in [0.2, 0.25) is 0 Å². The number of hydrogen-bond acceptors (Lipinski definition) is 4. The van der Waals surface area contributed by atoms with Gasteiger partial charge in [-0.1, -0.05) is 31.4 Å². The number of rotatable bonds is 1. The van der Waals surface area contributed by atoms with Crippen LogP contribution in [0.3, 0.4) is 0 Å². The minimum absolute atomic E-state index is 0.0211. The van der Waals surface area contributed by atoms with E-state index in [9.17, 15) is 9.90 Å². The average Bonchev–Trinajstić information content (AvgIpc) is 3.09. The molecule has 180 valence electrons. The van der Waals surface area contributed by atoms with Gasteiger partial charge in [0.25, 0.3) is 0 Å². The lowest BCUT2D eigenvalue weighted by Crippen LogP contribution is -2.57. The standard InChI is InChI=1S/C30H36O4/c1-4-11-30(32)13-10-24-22-7-6-20-17-21(31)9-12-28(20,2)27(22)23(18-29(24,30)3)19-5-8-25-26(16-19)34-15-14-33-25/h5,8,16-17,22-24,27,32H,6-7,9-10,12-15,18H2,1-3H3/t22-,23+,24-,27?,28-,29-,30-/m0/s1. The molecular weight excluding hydrogens is 424 g/mol. The lowest BCUT2D eigenvalue weighted by molar-refractivity contribution is -0.122. The van der Waals surface area contributed by atoms with Crippen LogP contribution in [0, 0.1) is 40.4 Å². The molecular formula is C30H36O4. The van der Waals surface area contributed by atoms with Crippen LogP contribution in [0.15, 0.2) is 29.8 Å². The molecule has 7 atom stereocenters. The summed E-state index contributed by atoms with van der Waals surface area (Å²) in [6.07, 6.45) is 8.34. The molecule has 4 heteroatoms. The molecule has 34 heavy (non-hydrogen) atoms. The van der Waals surface area contributed by atoms with Crippen molar-refractivity contribution in [3.05, 3.63) is 35.4 Å². The highest BCUT2D eigenvalue weighted by molar-refractivity contribution is 5.91. The third-order valence-corrected chi connectivity index (χ3v) is 10.4. The predicted molar refractivity (Wildman–Crippen MR) is 131 cm³/mol. The van der Waals surface area contributed by atoms with Crippen LogP contribution < -0.4 is 9.47 Å². The first-order valence-electron chi connectivity index (χ1n) is 13.1. The Morgan fingerprint density at radius 2 is 1.85 bits per heavy atom. The van der Waals surface area contributed by atoms with Crippen LogP contribution in [0.4, 0.5) is 0 Å². The second-order valence-corrected chi connectivity index (χ2v) is 11.8. The molecule has 1 aromatic carbocycles. The van der Waals surface area contributed by atoms with Gasteiger partial charge in [0.2, 0.25) is 0 Å². The van der Waals surface area contributed by atoms with Gasteiger partial charge in [-0.25, -0.2) is 0 Å². The number of aliphatic hydroxyl groups is 1. The van der Waals surface area contributed by atoms with Gasteiger partial charge >= 0.3 is 0 Å². The van der Waals surface area contributed by atoms with Crippen molar-refractivity contribution < 1.29 is 19.4 Å². The van der Waals surface area contributed by atoms with E-state index in [1.54, 1.807) is 0 Å². The van der Waals surface area contributed by atoms with Crippen molar-refractivity contribution in [3.63, 3.8) is 0 Å². The van der Waals surface area contributed by atoms with E-state index in [4.69, 9.17) is 9.47 Å². The molecule has 0 spiro atoms. The molecule has 4 aliphatic carbocycles. The molecule has 0 aromatic heterocycles. The molecule has 1 N–H and O–H groups in total. The largest absolute Gasteiger partial charge is 0.486 e. The number of ether oxygens (including phenoxy) is 2. The van der Waals surface area contributed by atoms with Crippen molar-refractivity contribution in [3.8, 4) is 23.3 Å². The topological polar surface area (TPSA) is 55.8 Å². The SMILES string of the molecule is CC#C[C@]1(O)CC[C@H]2[C@@H]3CCC4=CC(=O)CC[C@]4(C)C3[C@@H](c3ccc4c(c3)OCCO4)C[C@@]21C. The lowest BCUT2D eigenvalue weighted by atomic mass is 9.43. The average molecular weight is 461 g/mol. The summed E-state index contributed by atoms with van der Waals surface area (Å²) < 4.78 is 11.8. The summed E-state index contributed by atoms with van der Waals surface area (Å²) in [5.41, 5.74) is 1.46. The Labute approximate surface area is 203 Å². The summed E-state index contributed by atoms with van der Waals surface area (Å²) in [6, 6.07) is 6.47. The third-order valence-electron chi connectivity index (χ3n) is 10.4. The summed E-state index contributed by atoms with van der Waals surface area (Å²) in [7, 11) is 0. The smallest absolute Gasteiger partial charge is 0.161 e. The predicted octanol–water partition coefficient (Wildman–Crippen LogP) is 5.44. The zero-order chi connectivity index (χ0) is 23.7. The van der Waals surface area contributed by atoms with Gasteiger partial charge in [-0.15, -0.1) is 5.92 Å². The quantitative estimate of drug-likeness (QED) is 0.567. The number of hydrogen-bond donors (Lipinski definition) is 1. The number of benzene rings is 1. The molecule has 3 fully saturated rings. The third kappa shape index (κ3) is 2.99. The Morgan fingerprint density at radius 1 is 1.06 bits per heavy atom. The summed E-state index contributed by atoms with van der Waals surface area (Å²) >= 11 is 0. The van der Waals surface area contributed by atoms with Crippen LogP contribution in [-0.2, 0) is 4.79 Å². The van der Waals surface area contributed by atoms with Gasteiger partial charge in [-0.3, -0.25) is 4.79 Å². The molecule has 0 saturated heterocycles. The molecule has 1 unspecified atom stereocenters. The van der Waals surface area contributed by atoms with Crippen LogP contribution >= 0.6 is 0 Å². The summed E-state index contributed by atoms with van der Waals surface area (Å²) in [5.74, 6) is 9.92. The van der Waals surface area contributed by atoms with Gasteiger partial charge in [0.05, 0.1) is 0 Å². The highest BCUT2D eigenvalue weighted by Gasteiger charge is 2.66. The Kier molecular flexibility index (Phi) is 4.98. The zero-order valence-corrected chi connectivity index (χ0v) is 20.7. The lowest BCUT2D eigenvalue weighted by Gasteiger charge is -2.61. The molecule has 0 bridgehead atoms. The maximum Gasteiger partial charge on any atom is 0.161 e. The van der Waals surface area contributed by atoms with Gasteiger partial charge in [0, 0.05) is 11.8 Å². The van der Waals surface area contributed by atoms with Gasteiger partial charge in [-0.05, 0) is 98.3 Å². The van der Waals surface area contributed by atoms with Crippen molar-refractivity contribution in [2.45, 2.75) is 77.2 Å². The van der Waals surface area contributed by atoms with E-state index in [0.29, 0.717) is 37.4 Å². The van der Waals surface area contributed by atoms with E-state index < -0.39 is 5.60 Å². The second kappa shape index (κ2) is 7.62. The van der Waals surface area contributed by atoms with E-state index in [1.165, 1.54) is 11.1 Å². The minimum Gasteiger partial charge on any atom is -0.486 e. The summed E-state index contributed by atoms with van der Waals surface area (Å²) in [5, 5.41) is 11.8. The first kappa shape index (κ1) is 22.2. The van der Waals surface area contributed by atoms with Gasteiger partial charge in [0.15, 0.2) is 17.3 Å². The molecule has 1 aliphatic heterocycles. The molecule has 3 saturated carbocycles. The number of carbonyl (C=O) groups excluding carboxylic acids is 1. The van der Waals surface area contributed by atoms with E-state index in [-0.39, 0.29) is 22.5 Å². The Bertz CT molecular complexity index is 1120. The Balaban J connectivity index is 1.50. The molecule has 6 rings (SSSR count). The second-order valence-electron chi connectivity index (χ2n) is 11.8. The van der Waals surface area contributed by atoms with E-state index in [2.05, 4.69) is 43.9 Å². The molecule has 0 amide bonds. The fourth-order valence-corrected chi connectivity index (χ4v) is 8.78. The molecule has 5 aliphatic rings. The number of ketones is 1. The molecule has 4 nitrogen and oxygen atoms in total. The summed E-state index contributed by atoms with van der Waals surface area (Å²) in [6.45, 7) is 7.72. The van der Waals surface area contributed by atoms with E-state index in [1.807, 2.05) is 13.0 Å². The number of fused-ring (bicyclic) bond motifs is 6. The maximum atomic E-state index is 12.4. The van der Waals surface area contributed by atoms with Crippen LogP contribution in [0.25, 0.3) is 0 Å². The van der Waals surface area contributed by atoms with Crippen molar-refractivity contribution >= 4 is 5.78 Å². The highest BCUT2D eigenvalue weighted by Crippen LogP contribution is 2.70. The molecule has 1 heterocycles. The van der Waals surface area contributed by atoms with Gasteiger partial charge in [-0.2, -0.15) is 0 Å². The van der Waals surface area contributed by atoms with Crippen LogP contribution in [-0.4, -0.2) is 29.7 Å². The minimum atomic E-state index is -0.941. The van der Waals surface area contributed by atoms with Crippen LogP contribution in [0.5, 0.6) is 11.5 Å². The highest BCUT2D eigenvalue weighted by atomic mass is 16.6. The Hall–Kier alpha value is -2.25. The van der Waals surface area contributed by atoms with Crippen molar-refractivity contribution in [1.82, 2.24) is 0 Å². The number of carbonyl (C=O) groups is 1. The Morgan fingerprint density at radius 3 is 2.65 bits per heavy atom. The molecule has 0 radical (unpaired) electrons. The van der Waals surface area contributed by atoms with E-state index >= 15 is 0 Å². The van der Waals surface area contributed by atoms with Gasteiger partial charge in [0.1, 0.15) is 18.8 Å². The first-order valence-corrected chi connectivity index (χ1v) is 13.1. The van der Waals surface area contributed by atoms with Crippen LogP contribution in [0.1, 0.15) is 77.2 Å². The van der Waals surface area contributed by atoms with Gasteiger partial charge < -0.3 is 14.6 Å².